The summed E-state index contributed by atoms with van der Waals surface area (Å²) < 4.78 is 0. The van der Waals surface area contributed by atoms with E-state index in [0.29, 0.717) is 22.4 Å². The smallest absolute Gasteiger partial charge is 0.258 e. The fourth-order valence-electron chi connectivity index (χ4n) is 2.93. The highest BCUT2D eigenvalue weighted by Gasteiger charge is 2.11. The largest absolute Gasteiger partial charge is 0.398 e. The van der Waals surface area contributed by atoms with Gasteiger partial charge in [0.15, 0.2) is 0 Å². The van der Waals surface area contributed by atoms with Crippen molar-refractivity contribution in [3.8, 4) is 11.3 Å². The van der Waals surface area contributed by atoms with E-state index in [1.807, 2.05) is 39.0 Å². The van der Waals surface area contributed by atoms with Gasteiger partial charge in [-0.15, -0.1) is 0 Å². The number of hydrogen-bond acceptors (Lipinski definition) is 4. The Hall–Kier alpha value is -2.82. The number of benzene rings is 1. The van der Waals surface area contributed by atoms with Crippen molar-refractivity contribution in [2.45, 2.75) is 27.2 Å². The molecule has 0 amide bonds. The molecule has 1 aromatic carbocycles. The van der Waals surface area contributed by atoms with Crippen molar-refractivity contribution in [3.05, 3.63) is 51.3 Å². The number of aromatic amines is 1. The standard InChI is InChI=1S/C18H20N4O/c1-4-11-7-15(19)21-14-8-13(22-18(23)16(11)14)12-5-9(2)17(20)10(3)6-12/h5-8H,4,20H2,1-3H3,(H2,19,21)(H,22,23). The van der Waals surface area contributed by atoms with Crippen LogP contribution in [0.15, 0.2) is 29.1 Å². The average Bonchev–Trinajstić information content (AvgIpc) is 2.50. The number of pyridine rings is 2. The van der Waals surface area contributed by atoms with Crippen LogP contribution in [0.3, 0.4) is 0 Å². The number of nitrogens with two attached hydrogens (primary N) is 2. The van der Waals surface area contributed by atoms with E-state index in [0.717, 1.165) is 34.4 Å². The van der Waals surface area contributed by atoms with Crippen molar-refractivity contribution in [1.82, 2.24) is 9.97 Å². The van der Waals surface area contributed by atoms with Crippen LogP contribution in [0.4, 0.5) is 11.5 Å². The summed E-state index contributed by atoms with van der Waals surface area (Å²) in [4.78, 5) is 19.8. The zero-order valence-electron chi connectivity index (χ0n) is 13.5. The summed E-state index contributed by atoms with van der Waals surface area (Å²) in [6.45, 7) is 5.90. The number of hydrogen-bond donors (Lipinski definition) is 3. The molecule has 0 saturated carbocycles. The van der Waals surface area contributed by atoms with Gasteiger partial charge in [0, 0.05) is 5.69 Å². The number of aryl methyl sites for hydroxylation is 3. The molecule has 0 fully saturated rings. The van der Waals surface area contributed by atoms with Crippen LogP contribution in [0.2, 0.25) is 0 Å². The number of nitrogens with one attached hydrogen (secondary N) is 1. The van der Waals surface area contributed by atoms with Gasteiger partial charge in [-0.3, -0.25) is 4.79 Å². The molecule has 0 bridgehead atoms. The molecule has 0 atom stereocenters. The molecule has 0 radical (unpaired) electrons. The molecule has 23 heavy (non-hydrogen) atoms. The van der Waals surface area contributed by atoms with Gasteiger partial charge in [-0.05, 0) is 66.8 Å². The lowest BCUT2D eigenvalue weighted by atomic mass is 10.0. The molecule has 3 aromatic rings. The maximum absolute atomic E-state index is 12.5. The minimum atomic E-state index is -0.144. The van der Waals surface area contributed by atoms with Crippen LogP contribution < -0.4 is 17.0 Å². The fourth-order valence-corrected chi connectivity index (χ4v) is 2.93. The van der Waals surface area contributed by atoms with Crippen LogP contribution in [0.5, 0.6) is 0 Å². The second-order valence-corrected chi connectivity index (χ2v) is 5.86. The monoisotopic (exact) mass is 308 g/mol. The van der Waals surface area contributed by atoms with Gasteiger partial charge >= 0.3 is 0 Å². The van der Waals surface area contributed by atoms with Crippen molar-refractivity contribution in [3.63, 3.8) is 0 Å². The molecular weight excluding hydrogens is 288 g/mol. The first-order valence-electron chi connectivity index (χ1n) is 7.60. The van der Waals surface area contributed by atoms with Crippen molar-refractivity contribution in [2.24, 2.45) is 0 Å². The van der Waals surface area contributed by atoms with Crippen molar-refractivity contribution < 1.29 is 0 Å². The van der Waals surface area contributed by atoms with Crippen LogP contribution in [0.25, 0.3) is 22.2 Å². The number of anilines is 2. The van der Waals surface area contributed by atoms with Crippen molar-refractivity contribution in [1.29, 1.82) is 0 Å². The predicted molar refractivity (Wildman–Crippen MR) is 95.5 cm³/mol. The molecule has 0 spiro atoms. The summed E-state index contributed by atoms with van der Waals surface area (Å²) in [5.41, 5.74) is 17.6. The number of H-pyrrole nitrogens is 1. The maximum Gasteiger partial charge on any atom is 0.258 e. The lowest BCUT2D eigenvalue weighted by Crippen LogP contribution is -2.11. The summed E-state index contributed by atoms with van der Waals surface area (Å²) in [5.74, 6) is 0.426. The Morgan fingerprint density at radius 2 is 1.74 bits per heavy atom. The Bertz CT molecular complexity index is 950. The molecule has 5 nitrogen and oxygen atoms in total. The third kappa shape index (κ3) is 2.54. The molecule has 0 unspecified atom stereocenters. The molecule has 5 N–H and O–H groups in total. The molecule has 0 aliphatic carbocycles. The summed E-state index contributed by atoms with van der Waals surface area (Å²) >= 11 is 0. The number of aromatic nitrogens is 2. The van der Waals surface area contributed by atoms with Gasteiger partial charge in [0.2, 0.25) is 0 Å². The third-order valence-corrected chi connectivity index (χ3v) is 4.19. The van der Waals surface area contributed by atoms with Gasteiger partial charge in [0.25, 0.3) is 5.56 Å². The van der Waals surface area contributed by atoms with Crippen LogP contribution in [0.1, 0.15) is 23.6 Å². The van der Waals surface area contributed by atoms with Crippen molar-refractivity contribution >= 4 is 22.4 Å². The fraction of sp³-hybridized carbons (Fsp3) is 0.222. The number of rotatable bonds is 2. The number of nitrogen functional groups attached to an aromatic ring is 2. The Morgan fingerprint density at radius 1 is 1.09 bits per heavy atom. The molecular formula is C18H20N4O. The Labute approximate surface area is 134 Å². The van der Waals surface area contributed by atoms with Gasteiger partial charge in [-0.1, -0.05) is 6.92 Å². The summed E-state index contributed by atoms with van der Waals surface area (Å²) in [5, 5.41) is 0.606. The average molecular weight is 308 g/mol. The molecule has 5 heteroatoms. The van der Waals surface area contributed by atoms with E-state index < -0.39 is 0 Å². The number of fused-ring (bicyclic) bond motifs is 1. The highest BCUT2D eigenvalue weighted by Crippen LogP contribution is 2.27. The van der Waals surface area contributed by atoms with Crippen LogP contribution in [0, 0.1) is 13.8 Å². The Balaban J connectivity index is 2.31. The van der Waals surface area contributed by atoms with Crippen LogP contribution in [-0.2, 0) is 6.42 Å². The molecule has 0 saturated heterocycles. The normalized spacial score (nSPS) is 11.1. The van der Waals surface area contributed by atoms with E-state index in [9.17, 15) is 4.79 Å². The third-order valence-electron chi connectivity index (χ3n) is 4.19. The quantitative estimate of drug-likeness (QED) is 0.634. The van der Waals surface area contributed by atoms with E-state index >= 15 is 0 Å². The van der Waals surface area contributed by atoms with Gasteiger partial charge in [-0.2, -0.15) is 0 Å². The Kier molecular flexibility index (Phi) is 3.56. The second kappa shape index (κ2) is 5.43. The molecule has 2 aromatic heterocycles. The molecule has 0 aliphatic heterocycles. The van der Waals surface area contributed by atoms with E-state index in [1.165, 1.54) is 0 Å². The summed E-state index contributed by atoms with van der Waals surface area (Å²) in [6.07, 6.45) is 0.728. The van der Waals surface area contributed by atoms with Crippen LogP contribution in [-0.4, -0.2) is 9.97 Å². The maximum atomic E-state index is 12.5. The van der Waals surface area contributed by atoms with E-state index in [4.69, 9.17) is 11.5 Å². The molecule has 3 rings (SSSR count). The van der Waals surface area contributed by atoms with Gasteiger partial charge in [-0.25, -0.2) is 4.98 Å². The molecule has 2 heterocycles. The number of nitrogens with zero attached hydrogens (tertiary/aromatic N) is 1. The zero-order chi connectivity index (χ0) is 16.7. The second-order valence-electron chi connectivity index (χ2n) is 5.86. The first-order chi connectivity index (χ1) is 10.9. The van der Waals surface area contributed by atoms with Crippen molar-refractivity contribution in [2.75, 3.05) is 11.5 Å². The van der Waals surface area contributed by atoms with Gasteiger partial charge in [0.1, 0.15) is 5.82 Å². The zero-order valence-corrected chi connectivity index (χ0v) is 13.5. The van der Waals surface area contributed by atoms with Crippen LogP contribution >= 0.6 is 0 Å². The molecule has 118 valence electrons. The topological polar surface area (TPSA) is 97.8 Å². The van der Waals surface area contributed by atoms with E-state index in [-0.39, 0.29) is 5.56 Å². The van der Waals surface area contributed by atoms with E-state index in [1.54, 1.807) is 6.07 Å². The van der Waals surface area contributed by atoms with Gasteiger partial charge in [0.05, 0.1) is 16.6 Å². The summed E-state index contributed by atoms with van der Waals surface area (Å²) in [6, 6.07) is 7.56. The minimum Gasteiger partial charge on any atom is -0.398 e. The lowest BCUT2D eigenvalue weighted by molar-refractivity contribution is 1.13. The molecule has 0 aliphatic rings. The first kappa shape index (κ1) is 15.1. The Morgan fingerprint density at radius 3 is 2.35 bits per heavy atom. The first-order valence-corrected chi connectivity index (χ1v) is 7.60. The highest BCUT2D eigenvalue weighted by atomic mass is 16.1. The lowest BCUT2D eigenvalue weighted by Gasteiger charge is -2.11. The SMILES string of the molecule is CCc1cc(N)nc2cc(-c3cc(C)c(N)c(C)c3)[nH]c(=O)c12. The van der Waals surface area contributed by atoms with E-state index in [2.05, 4.69) is 9.97 Å². The predicted octanol–water partition coefficient (Wildman–Crippen LogP) is 2.93. The minimum absolute atomic E-state index is 0.144. The van der Waals surface area contributed by atoms with Gasteiger partial charge < -0.3 is 16.5 Å². The highest BCUT2D eigenvalue weighted by molar-refractivity contribution is 5.86. The summed E-state index contributed by atoms with van der Waals surface area (Å²) in [7, 11) is 0.